The van der Waals surface area contributed by atoms with E-state index < -0.39 is 44.3 Å². The Morgan fingerprint density at radius 3 is 2.94 bits per heavy atom. The first-order valence-electron chi connectivity index (χ1n) is 9.40. The van der Waals surface area contributed by atoms with Crippen LogP contribution in [0, 0.1) is 17.1 Å². The van der Waals surface area contributed by atoms with Gasteiger partial charge in [-0.05, 0) is 18.3 Å². The van der Waals surface area contributed by atoms with E-state index in [1.807, 2.05) is 0 Å². The molecule has 2 aliphatic heterocycles. The fourth-order valence-electron chi connectivity index (χ4n) is 3.33. The number of nitrogens with zero attached hydrogens (tertiary/aromatic N) is 1. The highest BCUT2D eigenvalue weighted by Gasteiger charge is 2.57. The van der Waals surface area contributed by atoms with Gasteiger partial charge >= 0.3 is 7.82 Å². The summed E-state index contributed by atoms with van der Waals surface area (Å²) in [5.74, 6) is -0.562. The van der Waals surface area contributed by atoms with Gasteiger partial charge in [-0.1, -0.05) is 18.1 Å². The standard InChI is InChI=1S/C19H18FN2O9PS/c1-3-10-7-22(18(33)21-16(10)25)17-13(23)15(24)19(20,30-17)9-29-32(26)28-8-11-5-4-6-12(27-2)14(11)31-32/h1,4-7,13,15,17,23-24H,8-9H2,2H3,(H,21,25,33)/t13-,15+,17-,19-,32?/m1/s1. The Kier molecular flexibility index (Phi) is 6.19. The molecule has 0 amide bonds. The molecule has 4 rings (SSSR count). The molecule has 3 heterocycles. The van der Waals surface area contributed by atoms with E-state index in [0.29, 0.717) is 5.56 Å². The summed E-state index contributed by atoms with van der Waals surface area (Å²) in [4.78, 5) is 14.0. The molecule has 0 aliphatic carbocycles. The van der Waals surface area contributed by atoms with Crippen LogP contribution in [0.2, 0.25) is 0 Å². The summed E-state index contributed by atoms with van der Waals surface area (Å²) < 4.78 is 55.0. The van der Waals surface area contributed by atoms with E-state index in [1.54, 1.807) is 18.2 Å². The number of rotatable bonds is 5. The van der Waals surface area contributed by atoms with Gasteiger partial charge in [-0.25, -0.2) is 8.96 Å². The predicted molar refractivity (Wildman–Crippen MR) is 112 cm³/mol. The van der Waals surface area contributed by atoms with Gasteiger partial charge in [0.15, 0.2) is 22.5 Å². The summed E-state index contributed by atoms with van der Waals surface area (Å²) in [6.45, 7) is -1.30. The molecule has 2 aromatic rings. The largest absolute Gasteiger partial charge is 0.530 e. The first-order valence-corrected chi connectivity index (χ1v) is 11.3. The molecular formula is C19H18FN2O9PS. The Hall–Kier alpha value is -2.56. The molecule has 1 fully saturated rings. The van der Waals surface area contributed by atoms with Gasteiger partial charge in [-0.15, -0.1) is 6.42 Å². The van der Waals surface area contributed by atoms with Crippen molar-refractivity contribution in [3.63, 3.8) is 0 Å². The van der Waals surface area contributed by atoms with Crippen molar-refractivity contribution in [2.24, 2.45) is 0 Å². The van der Waals surface area contributed by atoms with Crippen LogP contribution < -0.4 is 14.8 Å². The van der Waals surface area contributed by atoms with Crippen LogP contribution >= 0.6 is 20.0 Å². The molecular weight excluding hydrogens is 482 g/mol. The third kappa shape index (κ3) is 4.22. The lowest BCUT2D eigenvalue weighted by Gasteiger charge is -2.29. The number of halogens is 1. The quantitative estimate of drug-likeness (QED) is 0.315. The number of fused-ring (bicyclic) bond motifs is 1. The number of H-pyrrole nitrogens is 1. The van der Waals surface area contributed by atoms with E-state index in [2.05, 4.69) is 10.9 Å². The van der Waals surface area contributed by atoms with Gasteiger partial charge in [0.05, 0.1) is 13.7 Å². The number of aliphatic hydroxyl groups excluding tert-OH is 2. The van der Waals surface area contributed by atoms with Gasteiger partial charge in [-0.3, -0.25) is 23.4 Å². The zero-order valence-electron chi connectivity index (χ0n) is 17.0. The van der Waals surface area contributed by atoms with Crippen molar-refractivity contribution in [1.82, 2.24) is 9.55 Å². The van der Waals surface area contributed by atoms with E-state index in [-0.39, 0.29) is 28.4 Å². The number of ether oxygens (including phenoxy) is 2. The smallest absolute Gasteiger partial charge is 0.493 e. The lowest BCUT2D eigenvalue weighted by Crippen LogP contribution is -2.43. The van der Waals surface area contributed by atoms with Gasteiger partial charge in [0, 0.05) is 11.8 Å². The summed E-state index contributed by atoms with van der Waals surface area (Å²) in [5, 5.41) is 20.7. The number of para-hydroxylation sites is 1. The Morgan fingerprint density at radius 2 is 2.24 bits per heavy atom. The van der Waals surface area contributed by atoms with Crippen molar-refractivity contribution in [2.45, 2.75) is 30.9 Å². The van der Waals surface area contributed by atoms with Crippen LogP contribution in [0.15, 0.2) is 29.2 Å². The topological polar surface area (TPSA) is 141 Å². The third-order valence-electron chi connectivity index (χ3n) is 5.05. The van der Waals surface area contributed by atoms with Crippen LogP contribution in [0.1, 0.15) is 17.4 Å². The van der Waals surface area contributed by atoms with Gasteiger partial charge < -0.3 is 24.2 Å². The van der Waals surface area contributed by atoms with E-state index in [4.69, 9.17) is 41.7 Å². The minimum Gasteiger partial charge on any atom is -0.493 e. The van der Waals surface area contributed by atoms with Crippen molar-refractivity contribution in [3.05, 3.63) is 50.6 Å². The molecule has 3 N–H and O–H groups in total. The zero-order chi connectivity index (χ0) is 24.0. The fourth-order valence-corrected chi connectivity index (χ4v) is 4.82. The number of benzene rings is 1. The summed E-state index contributed by atoms with van der Waals surface area (Å²) >= 11 is 5.01. The molecule has 1 saturated heterocycles. The summed E-state index contributed by atoms with van der Waals surface area (Å²) in [7, 11) is -2.96. The highest BCUT2D eigenvalue weighted by molar-refractivity contribution is 7.71. The molecule has 176 valence electrons. The van der Waals surface area contributed by atoms with E-state index in [1.165, 1.54) is 7.11 Å². The number of hydrogen-bond acceptors (Lipinski definition) is 10. The third-order valence-corrected chi connectivity index (χ3v) is 6.66. The van der Waals surface area contributed by atoms with Gasteiger partial charge in [0.1, 0.15) is 24.4 Å². The summed E-state index contributed by atoms with van der Waals surface area (Å²) in [6, 6.07) is 4.89. The van der Waals surface area contributed by atoms with Crippen molar-refractivity contribution >= 4 is 20.0 Å². The molecule has 5 atom stereocenters. The maximum Gasteiger partial charge on any atom is 0.530 e. The minimum absolute atomic E-state index is 0.106. The summed E-state index contributed by atoms with van der Waals surface area (Å²) in [5.41, 5.74) is -0.298. The van der Waals surface area contributed by atoms with Crippen LogP contribution in [0.4, 0.5) is 4.39 Å². The molecule has 1 aromatic carbocycles. The number of hydrogen-bond donors (Lipinski definition) is 3. The molecule has 0 bridgehead atoms. The average molecular weight is 500 g/mol. The molecule has 0 radical (unpaired) electrons. The normalized spacial score (nSPS) is 30.8. The number of aromatic nitrogens is 2. The number of aromatic amines is 1. The number of nitrogens with one attached hydrogen (secondary N) is 1. The molecule has 14 heteroatoms. The highest BCUT2D eigenvalue weighted by atomic mass is 32.1. The molecule has 2 aliphatic rings. The minimum atomic E-state index is -4.34. The molecule has 1 unspecified atom stereocenters. The second-order valence-electron chi connectivity index (χ2n) is 7.12. The second kappa shape index (κ2) is 8.66. The van der Waals surface area contributed by atoms with Crippen molar-refractivity contribution < 1.29 is 42.2 Å². The Labute approximate surface area is 191 Å². The Balaban J connectivity index is 1.55. The number of terminal acetylenes is 1. The first kappa shape index (κ1) is 23.6. The van der Waals surface area contributed by atoms with E-state index in [0.717, 1.165) is 10.8 Å². The monoisotopic (exact) mass is 500 g/mol. The maximum absolute atomic E-state index is 15.5. The zero-order valence-corrected chi connectivity index (χ0v) is 18.7. The predicted octanol–water partition coefficient (Wildman–Crippen LogP) is 1.55. The van der Waals surface area contributed by atoms with Crippen LogP contribution in [0.5, 0.6) is 11.5 Å². The van der Waals surface area contributed by atoms with Gasteiger partial charge in [0.2, 0.25) is 0 Å². The first-order chi connectivity index (χ1) is 15.6. The van der Waals surface area contributed by atoms with Crippen molar-refractivity contribution in [3.8, 4) is 23.8 Å². The van der Waals surface area contributed by atoms with Gasteiger partial charge in [-0.2, -0.15) is 0 Å². The number of alkyl halides is 1. The van der Waals surface area contributed by atoms with Crippen LogP contribution in [-0.4, -0.2) is 51.5 Å². The molecule has 33 heavy (non-hydrogen) atoms. The maximum atomic E-state index is 15.5. The SMILES string of the molecule is C#Cc1cn([C@@H]2O[C@](F)(COP3(=O)OCc4cccc(OC)c4O3)[C@@H](O)[C@H]2O)c(=S)[nH]c1=O. The second-order valence-corrected chi connectivity index (χ2v) is 9.10. The lowest BCUT2D eigenvalue weighted by molar-refractivity contribution is -0.205. The molecule has 0 saturated carbocycles. The lowest BCUT2D eigenvalue weighted by atomic mass is 10.1. The Bertz CT molecular complexity index is 1280. The number of phosphoric ester groups is 1. The van der Waals surface area contributed by atoms with Crippen LogP contribution in [-0.2, 0) is 25.0 Å². The van der Waals surface area contributed by atoms with Crippen LogP contribution in [0.25, 0.3) is 0 Å². The Morgan fingerprint density at radius 1 is 1.48 bits per heavy atom. The average Bonchev–Trinajstić information content (AvgIpc) is 3.02. The van der Waals surface area contributed by atoms with Crippen molar-refractivity contribution in [1.29, 1.82) is 0 Å². The molecule has 1 aromatic heterocycles. The van der Waals surface area contributed by atoms with E-state index >= 15 is 4.39 Å². The van der Waals surface area contributed by atoms with Gasteiger partial charge in [0.25, 0.3) is 11.4 Å². The highest BCUT2D eigenvalue weighted by Crippen LogP contribution is 2.57. The van der Waals surface area contributed by atoms with Crippen LogP contribution in [0.3, 0.4) is 0 Å². The van der Waals surface area contributed by atoms with E-state index in [9.17, 15) is 19.6 Å². The number of phosphoric acid groups is 1. The summed E-state index contributed by atoms with van der Waals surface area (Å²) in [6.07, 6.45) is 0.745. The number of methoxy groups -OCH3 is 1. The molecule has 0 spiro atoms. The fraction of sp³-hybridized carbons (Fsp3) is 0.368. The molecule has 11 nitrogen and oxygen atoms in total. The van der Waals surface area contributed by atoms with Crippen molar-refractivity contribution in [2.75, 3.05) is 13.7 Å². The number of aliphatic hydroxyl groups is 2.